The van der Waals surface area contributed by atoms with Gasteiger partial charge in [0, 0.05) is 36.4 Å². The van der Waals surface area contributed by atoms with Crippen molar-refractivity contribution in [3.63, 3.8) is 0 Å². The Hall–Kier alpha value is -1.99. The van der Waals surface area contributed by atoms with Gasteiger partial charge >= 0.3 is 0 Å². The SMILES string of the molecule is Cc1ccc(S(=O)(=O)N2C3CC2CN(c2ncnc(C)c2C)C3)c(C)c1. The van der Waals surface area contributed by atoms with Crippen molar-refractivity contribution in [3.05, 3.63) is 46.9 Å². The Morgan fingerprint density at radius 3 is 2.38 bits per heavy atom. The quantitative estimate of drug-likeness (QED) is 0.827. The largest absolute Gasteiger partial charge is 0.353 e. The maximum atomic E-state index is 13.2. The van der Waals surface area contributed by atoms with Crippen LogP contribution < -0.4 is 4.90 Å². The standard InChI is InChI=1S/C19H24N4O2S/c1-12-5-6-18(13(2)7-12)26(24,25)23-16-8-17(23)10-22(9-16)19-14(3)15(4)20-11-21-19/h5-7,11,16-17H,8-10H2,1-4H3. The molecule has 3 saturated heterocycles. The van der Waals surface area contributed by atoms with Gasteiger partial charge in [0.05, 0.1) is 4.90 Å². The maximum absolute atomic E-state index is 13.2. The predicted molar refractivity (Wildman–Crippen MR) is 101 cm³/mol. The van der Waals surface area contributed by atoms with Crippen LogP contribution in [0.2, 0.25) is 0 Å². The first-order valence-electron chi connectivity index (χ1n) is 8.93. The van der Waals surface area contributed by atoms with Crippen LogP contribution in [0, 0.1) is 27.7 Å². The van der Waals surface area contributed by atoms with Crippen molar-refractivity contribution in [1.29, 1.82) is 0 Å². The van der Waals surface area contributed by atoms with Gasteiger partial charge < -0.3 is 4.90 Å². The topological polar surface area (TPSA) is 66.4 Å². The number of piperidine rings is 1. The van der Waals surface area contributed by atoms with Crippen molar-refractivity contribution >= 4 is 15.8 Å². The van der Waals surface area contributed by atoms with Gasteiger partial charge in [-0.05, 0) is 45.7 Å². The lowest BCUT2D eigenvalue weighted by Gasteiger charge is -2.55. The average Bonchev–Trinajstić information content (AvgIpc) is 2.56. The summed E-state index contributed by atoms with van der Waals surface area (Å²) in [5.74, 6) is 0.927. The number of benzene rings is 1. The Bertz CT molecular complexity index is 961. The summed E-state index contributed by atoms with van der Waals surface area (Å²) in [7, 11) is -3.46. The summed E-state index contributed by atoms with van der Waals surface area (Å²) < 4.78 is 28.1. The van der Waals surface area contributed by atoms with Crippen molar-refractivity contribution in [2.75, 3.05) is 18.0 Å². The lowest BCUT2D eigenvalue weighted by molar-refractivity contribution is 0.0873. The zero-order valence-electron chi connectivity index (χ0n) is 15.6. The van der Waals surface area contributed by atoms with Gasteiger partial charge in [-0.25, -0.2) is 18.4 Å². The summed E-state index contributed by atoms with van der Waals surface area (Å²) in [5.41, 5.74) is 3.92. The number of rotatable bonds is 3. The normalized spacial score (nSPS) is 23.0. The van der Waals surface area contributed by atoms with Crippen LogP contribution in [-0.4, -0.2) is 47.9 Å². The molecule has 0 spiro atoms. The number of hydrogen-bond acceptors (Lipinski definition) is 5. The fourth-order valence-electron chi connectivity index (χ4n) is 4.19. The van der Waals surface area contributed by atoms with Crippen LogP contribution in [0.4, 0.5) is 5.82 Å². The van der Waals surface area contributed by atoms with E-state index >= 15 is 0 Å². The first-order valence-corrected chi connectivity index (χ1v) is 10.4. The number of fused-ring (bicyclic) bond motifs is 2. The number of aromatic nitrogens is 2. The molecule has 2 atom stereocenters. The molecule has 0 saturated carbocycles. The monoisotopic (exact) mass is 372 g/mol. The molecule has 0 N–H and O–H groups in total. The Labute approximate surface area is 154 Å². The summed E-state index contributed by atoms with van der Waals surface area (Å²) >= 11 is 0. The average molecular weight is 372 g/mol. The first kappa shape index (κ1) is 17.4. The summed E-state index contributed by atoms with van der Waals surface area (Å²) in [5, 5.41) is 0. The number of anilines is 1. The molecule has 4 heterocycles. The fraction of sp³-hybridized carbons (Fsp3) is 0.474. The molecule has 7 heteroatoms. The second kappa shape index (κ2) is 6.03. The van der Waals surface area contributed by atoms with Gasteiger partial charge in [0.25, 0.3) is 0 Å². The van der Waals surface area contributed by atoms with Crippen molar-refractivity contribution in [1.82, 2.24) is 14.3 Å². The first-order chi connectivity index (χ1) is 12.3. The molecule has 0 radical (unpaired) electrons. The highest BCUT2D eigenvalue weighted by molar-refractivity contribution is 7.89. The van der Waals surface area contributed by atoms with Crippen LogP contribution in [0.25, 0.3) is 0 Å². The Balaban J connectivity index is 1.60. The van der Waals surface area contributed by atoms with Gasteiger partial charge in [0.2, 0.25) is 10.0 Å². The minimum absolute atomic E-state index is 0.00845. The van der Waals surface area contributed by atoms with Crippen LogP contribution in [-0.2, 0) is 10.0 Å². The Morgan fingerprint density at radius 2 is 1.73 bits per heavy atom. The van der Waals surface area contributed by atoms with E-state index in [9.17, 15) is 8.42 Å². The summed E-state index contributed by atoms with van der Waals surface area (Å²) in [6.45, 7) is 9.20. The highest BCUT2D eigenvalue weighted by atomic mass is 32.2. The lowest BCUT2D eigenvalue weighted by Crippen LogP contribution is -2.70. The molecule has 2 bridgehead atoms. The summed E-state index contributed by atoms with van der Waals surface area (Å²) in [6, 6.07) is 5.56. The van der Waals surface area contributed by atoms with Crippen molar-refractivity contribution in [2.24, 2.45) is 0 Å². The van der Waals surface area contributed by atoms with Crippen LogP contribution in [0.1, 0.15) is 28.8 Å². The van der Waals surface area contributed by atoms with E-state index in [1.54, 1.807) is 16.7 Å². The molecule has 1 aromatic carbocycles. The zero-order chi connectivity index (χ0) is 18.6. The van der Waals surface area contributed by atoms with Gasteiger partial charge in [0.1, 0.15) is 12.1 Å². The fourth-order valence-corrected chi connectivity index (χ4v) is 6.21. The molecule has 3 aliphatic rings. The Morgan fingerprint density at radius 1 is 1.04 bits per heavy atom. The third-order valence-electron chi connectivity index (χ3n) is 5.62. The summed E-state index contributed by atoms with van der Waals surface area (Å²) in [6.07, 6.45) is 2.51. The molecule has 0 aliphatic carbocycles. The minimum atomic E-state index is -3.46. The van der Waals surface area contributed by atoms with Gasteiger partial charge in [-0.2, -0.15) is 4.31 Å². The third-order valence-corrected chi connectivity index (χ3v) is 7.79. The molecule has 26 heavy (non-hydrogen) atoms. The van der Waals surface area contributed by atoms with Gasteiger partial charge in [-0.1, -0.05) is 17.7 Å². The molecule has 6 nitrogen and oxygen atoms in total. The van der Waals surface area contributed by atoms with Gasteiger partial charge in [0.15, 0.2) is 0 Å². The summed E-state index contributed by atoms with van der Waals surface area (Å²) in [4.78, 5) is 11.3. The number of sulfonamides is 1. The highest BCUT2D eigenvalue weighted by Crippen LogP contribution is 2.39. The number of hydrogen-bond donors (Lipinski definition) is 0. The molecular formula is C19H24N4O2S. The molecule has 3 aliphatic heterocycles. The van der Waals surface area contributed by atoms with Crippen molar-refractivity contribution < 1.29 is 8.42 Å². The van der Waals surface area contributed by atoms with Crippen LogP contribution >= 0.6 is 0 Å². The van der Waals surface area contributed by atoms with E-state index in [2.05, 4.69) is 14.9 Å². The second-order valence-corrected chi connectivity index (χ2v) is 9.27. The van der Waals surface area contributed by atoms with Crippen LogP contribution in [0.5, 0.6) is 0 Å². The van der Waals surface area contributed by atoms with E-state index in [0.29, 0.717) is 18.0 Å². The molecule has 2 unspecified atom stereocenters. The Kier molecular flexibility index (Phi) is 4.04. The molecule has 138 valence electrons. The van der Waals surface area contributed by atoms with Crippen molar-refractivity contribution in [2.45, 2.75) is 51.1 Å². The molecule has 3 fully saturated rings. The van der Waals surface area contributed by atoms with Gasteiger partial charge in [-0.3, -0.25) is 0 Å². The van der Waals surface area contributed by atoms with E-state index in [-0.39, 0.29) is 12.1 Å². The second-order valence-electron chi connectivity index (χ2n) is 7.46. The molecule has 1 aromatic heterocycles. The molecule has 0 amide bonds. The zero-order valence-corrected chi connectivity index (χ0v) is 16.4. The lowest BCUT2D eigenvalue weighted by atomic mass is 9.91. The molecular weight excluding hydrogens is 348 g/mol. The number of piperazine rings is 1. The maximum Gasteiger partial charge on any atom is 0.243 e. The molecule has 5 rings (SSSR count). The predicted octanol–water partition coefficient (Wildman–Crippen LogP) is 2.36. The highest BCUT2D eigenvalue weighted by Gasteiger charge is 2.51. The van der Waals surface area contributed by atoms with E-state index < -0.39 is 10.0 Å². The van der Waals surface area contributed by atoms with E-state index in [4.69, 9.17) is 0 Å². The van der Waals surface area contributed by atoms with Crippen molar-refractivity contribution in [3.8, 4) is 0 Å². The smallest absolute Gasteiger partial charge is 0.243 e. The van der Waals surface area contributed by atoms with Crippen LogP contribution in [0.15, 0.2) is 29.4 Å². The third kappa shape index (κ3) is 2.61. The minimum Gasteiger partial charge on any atom is -0.353 e. The van der Waals surface area contributed by atoms with Gasteiger partial charge in [-0.15, -0.1) is 0 Å². The number of aryl methyl sites for hydroxylation is 3. The van der Waals surface area contributed by atoms with E-state index in [1.807, 2.05) is 39.8 Å². The number of nitrogens with zero attached hydrogens (tertiary/aromatic N) is 4. The molecule has 2 aromatic rings. The van der Waals surface area contributed by atoms with E-state index in [0.717, 1.165) is 34.6 Å². The van der Waals surface area contributed by atoms with Crippen LogP contribution in [0.3, 0.4) is 0 Å². The van der Waals surface area contributed by atoms with E-state index in [1.165, 1.54) is 0 Å².